The normalized spacial score (nSPS) is 29.2. The summed E-state index contributed by atoms with van der Waals surface area (Å²) in [6, 6.07) is 14.2. The minimum absolute atomic E-state index is 0.228. The lowest BCUT2D eigenvalue weighted by atomic mass is 9.70. The van der Waals surface area contributed by atoms with Gasteiger partial charge in [-0.15, -0.1) is 0 Å². The number of hydrogen-bond acceptors (Lipinski definition) is 5. The van der Waals surface area contributed by atoms with Crippen molar-refractivity contribution in [2.45, 2.75) is 50.0 Å². The summed E-state index contributed by atoms with van der Waals surface area (Å²) in [5, 5.41) is 16.6. The number of hydrogen-bond donors (Lipinski definition) is 3. The molecule has 2 unspecified atom stereocenters. The van der Waals surface area contributed by atoms with Gasteiger partial charge in [-0.25, -0.2) is 0 Å². The van der Waals surface area contributed by atoms with Gasteiger partial charge in [-0.1, -0.05) is 61.0 Å². The molecule has 8 nitrogen and oxygen atoms in total. The summed E-state index contributed by atoms with van der Waals surface area (Å²) in [7, 11) is 0. The summed E-state index contributed by atoms with van der Waals surface area (Å²) in [4.78, 5) is 42.7. The molecule has 1 spiro atoms. The van der Waals surface area contributed by atoms with E-state index in [2.05, 4.69) is 10.6 Å². The Hall–Kier alpha value is -2.94. The van der Waals surface area contributed by atoms with E-state index >= 15 is 0 Å². The Labute approximate surface area is 215 Å². The number of fused-ring (bicyclic) bond motifs is 1. The topological polar surface area (TPSA) is 108 Å². The van der Waals surface area contributed by atoms with E-state index in [0.29, 0.717) is 35.7 Å². The lowest BCUT2D eigenvalue weighted by Gasteiger charge is -2.36. The number of halogens is 1. The molecule has 9 heteroatoms. The number of carbonyl (C=O) groups excluding carboxylic acids is 3. The Morgan fingerprint density at radius 2 is 1.89 bits per heavy atom. The molecule has 190 valence electrons. The monoisotopic (exact) mass is 511 g/mol. The fourth-order valence-corrected chi connectivity index (χ4v) is 6.37. The van der Waals surface area contributed by atoms with Crippen molar-refractivity contribution < 1.29 is 24.2 Å². The Balaban J connectivity index is 1.57. The molecule has 3 N–H and O–H groups in total. The Kier molecular flexibility index (Phi) is 6.76. The highest BCUT2D eigenvalue weighted by atomic mass is 35.5. The van der Waals surface area contributed by atoms with Crippen molar-refractivity contribution >= 4 is 35.0 Å². The zero-order valence-corrected chi connectivity index (χ0v) is 20.8. The number of aliphatic hydroxyl groups excluding tert-OH is 1. The zero-order chi connectivity index (χ0) is 25.4. The van der Waals surface area contributed by atoms with Crippen LogP contribution in [-0.2, 0) is 19.1 Å². The van der Waals surface area contributed by atoms with Gasteiger partial charge in [0.05, 0.1) is 41.3 Å². The number of likely N-dealkylation sites (tertiary alicyclic amines) is 1. The molecule has 0 radical (unpaired) electrons. The predicted molar refractivity (Wildman–Crippen MR) is 134 cm³/mol. The van der Waals surface area contributed by atoms with Crippen LogP contribution in [0, 0.1) is 11.8 Å². The highest BCUT2D eigenvalue weighted by Gasteiger charge is 2.75. The first-order valence-electron chi connectivity index (χ1n) is 12.4. The van der Waals surface area contributed by atoms with Gasteiger partial charge in [-0.2, -0.15) is 0 Å². The molecule has 6 atom stereocenters. The molecule has 0 aliphatic carbocycles. The molecule has 3 amide bonds. The van der Waals surface area contributed by atoms with Crippen molar-refractivity contribution in [3.8, 4) is 0 Å². The summed E-state index contributed by atoms with van der Waals surface area (Å²) in [5.41, 5.74) is -0.0491. The minimum atomic E-state index is -1.16. The maximum atomic E-state index is 14.1. The van der Waals surface area contributed by atoms with E-state index in [1.165, 1.54) is 4.90 Å². The first kappa shape index (κ1) is 24.7. The smallest absolute Gasteiger partial charge is 0.250 e. The van der Waals surface area contributed by atoms with Gasteiger partial charge in [-0.3, -0.25) is 14.4 Å². The quantitative estimate of drug-likeness (QED) is 0.505. The second kappa shape index (κ2) is 9.84. The van der Waals surface area contributed by atoms with Gasteiger partial charge in [0.2, 0.25) is 17.7 Å². The van der Waals surface area contributed by atoms with Crippen LogP contribution in [0.5, 0.6) is 0 Å². The van der Waals surface area contributed by atoms with Gasteiger partial charge in [0, 0.05) is 6.54 Å². The summed E-state index contributed by atoms with van der Waals surface area (Å²) in [6.07, 6.45) is 1.38. The van der Waals surface area contributed by atoms with E-state index in [4.69, 9.17) is 16.3 Å². The molecule has 3 saturated heterocycles. The van der Waals surface area contributed by atoms with Gasteiger partial charge < -0.3 is 25.4 Å². The van der Waals surface area contributed by atoms with Crippen molar-refractivity contribution in [2.75, 3.05) is 18.5 Å². The molecule has 3 heterocycles. The van der Waals surface area contributed by atoms with Crippen LogP contribution in [0.3, 0.4) is 0 Å². The number of anilines is 1. The average Bonchev–Trinajstić information content (AvgIpc) is 3.53. The third-order valence-electron chi connectivity index (χ3n) is 7.66. The maximum absolute atomic E-state index is 14.1. The highest BCUT2D eigenvalue weighted by molar-refractivity contribution is 6.33. The predicted octanol–water partition coefficient (Wildman–Crippen LogP) is 2.91. The van der Waals surface area contributed by atoms with E-state index < -0.39 is 41.5 Å². The van der Waals surface area contributed by atoms with Crippen LogP contribution in [0.25, 0.3) is 0 Å². The van der Waals surface area contributed by atoms with Crippen molar-refractivity contribution in [3.05, 3.63) is 65.2 Å². The minimum Gasteiger partial charge on any atom is -0.394 e. The van der Waals surface area contributed by atoms with Gasteiger partial charge in [-0.05, 0) is 37.0 Å². The average molecular weight is 512 g/mol. The number of para-hydroxylation sites is 1. The number of ether oxygens (including phenoxy) is 1. The van der Waals surface area contributed by atoms with E-state index in [9.17, 15) is 19.5 Å². The van der Waals surface area contributed by atoms with Crippen molar-refractivity contribution in [1.82, 2.24) is 10.2 Å². The molecular formula is C27H30ClN3O5. The number of amides is 3. The fraction of sp³-hybridized carbons (Fsp3) is 0.444. The van der Waals surface area contributed by atoms with Gasteiger partial charge in [0.15, 0.2) is 0 Å². The number of carbonyl (C=O) groups is 3. The first-order chi connectivity index (χ1) is 17.4. The summed E-state index contributed by atoms with van der Waals surface area (Å²) >= 11 is 6.31. The molecule has 2 aromatic carbocycles. The number of nitrogens with one attached hydrogen (secondary N) is 2. The second-order valence-electron chi connectivity index (χ2n) is 9.67. The second-order valence-corrected chi connectivity index (χ2v) is 10.1. The molecule has 2 bridgehead atoms. The number of nitrogens with zero attached hydrogens (tertiary/aromatic N) is 1. The summed E-state index contributed by atoms with van der Waals surface area (Å²) in [6.45, 7) is 2.08. The molecule has 5 rings (SSSR count). The molecule has 3 aliphatic rings. The molecule has 3 fully saturated rings. The third-order valence-corrected chi connectivity index (χ3v) is 7.99. The van der Waals surface area contributed by atoms with Crippen LogP contribution in [0.2, 0.25) is 5.02 Å². The van der Waals surface area contributed by atoms with Crippen molar-refractivity contribution in [3.63, 3.8) is 0 Å². The SMILES string of the molecule is CCCNC(=O)[C@@H]1[C@H]2C(=O)N([C@H](CO)c3ccccc3)C(C(=O)Nc3ccccc3Cl)C23CC[C@H]1O3. The van der Waals surface area contributed by atoms with E-state index in [1.54, 1.807) is 24.3 Å². The van der Waals surface area contributed by atoms with Gasteiger partial charge in [0.1, 0.15) is 11.6 Å². The van der Waals surface area contributed by atoms with Gasteiger partial charge in [0.25, 0.3) is 0 Å². The Bertz CT molecular complexity index is 1160. The van der Waals surface area contributed by atoms with Crippen LogP contribution in [-0.4, -0.2) is 58.6 Å². The standard InChI is InChI=1S/C27H30ClN3O5/c1-2-14-29-24(33)21-20-12-13-27(36-20)22(21)26(35)31(19(15-32)16-8-4-3-5-9-16)23(27)25(34)30-18-11-7-6-10-17(18)28/h3-11,19-23,32H,2,12-15H2,1H3,(H,29,33)(H,30,34)/t19-,20-,21+,22+,23?,27?/m1/s1. The number of benzene rings is 2. The van der Waals surface area contributed by atoms with E-state index in [0.717, 1.165) is 6.42 Å². The molecule has 2 aromatic rings. The number of aliphatic hydroxyl groups is 1. The van der Waals surface area contributed by atoms with Crippen LogP contribution < -0.4 is 10.6 Å². The first-order valence-corrected chi connectivity index (χ1v) is 12.8. The molecule has 3 aliphatic heterocycles. The van der Waals surface area contributed by atoms with E-state index in [1.807, 2.05) is 37.3 Å². The fourth-order valence-electron chi connectivity index (χ4n) is 6.19. The zero-order valence-electron chi connectivity index (χ0n) is 20.0. The summed E-state index contributed by atoms with van der Waals surface area (Å²) < 4.78 is 6.43. The van der Waals surface area contributed by atoms with Crippen LogP contribution in [0.4, 0.5) is 5.69 Å². The largest absolute Gasteiger partial charge is 0.394 e. The van der Waals surface area contributed by atoms with E-state index in [-0.39, 0.29) is 18.4 Å². The van der Waals surface area contributed by atoms with Gasteiger partial charge >= 0.3 is 0 Å². The molecule has 0 saturated carbocycles. The number of rotatable bonds is 8. The lowest BCUT2D eigenvalue weighted by molar-refractivity contribution is -0.144. The highest BCUT2D eigenvalue weighted by Crippen LogP contribution is 2.59. The van der Waals surface area contributed by atoms with Crippen molar-refractivity contribution in [1.29, 1.82) is 0 Å². The third kappa shape index (κ3) is 3.88. The lowest BCUT2D eigenvalue weighted by Crippen LogP contribution is -2.54. The molecular weight excluding hydrogens is 482 g/mol. The van der Waals surface area contributed by atoms with Crippen LogP contribution in [0.15, 0.2) is 54.6 Å². The summed E-state index contributed by atoms with van der Waals surface area (Å²) in [5.74, 6) is -2.53. The maximum Gasteiger partial charge on any atom is 0.250 e. The van der Waals surface area contributed by atoms with Crippen LogP contribution >= 0.6 is 11.6 Å². The molecule has 36 heavy (non-hydrogen) atoms. The Morgan fingerprint density at radius 1 is 1.17 bits per heavy atom. The Morgan fingerprint density at radius 3 is 2.58 bits per heavy atom. The van der Waals surface area contributed by atoms with Crippen molar-refractivity contribution in [2.24, 2.45) is 11.8 Å². The molecule has 0 aromatic heterocycles. The van der Waals surface area contributed by atoms with Crippen LogP contribution in [0.1, 0.15) is 37.8 Å².